The van der Waals surface area contributed by atoms with Crippen molar-refractivity contribution in [2.24, 2.45) is 0 Å². The summed E-state index contributed by atoms with van der Waals surface area (Å²) in [7, 11) is 0. The van der Waals surface area contributed by atoms with Gasteiger partial charge in [-0.05, 0) is 26.7 Å². The molecule has 0 N–H and O–H groups in total. The zero-order valence-electron chi connectivity index (χ0n) is 11.1. The van der Waals surface area contributed by atoms with E-state index < -0.39 is 5.97 Å². The van der Waals surface area contributed by atoms with Crippen molar-refractivity contribution in [2.75, 3.05) is 6.61 Å². The molecule has 19 heavy (non-hydrogen) atoms. The molecule has 0 radical (unpaired) electrons. The number of hydrogen-bond donors (Lipinski definition) is 0. The third kappa shape index (κ3) is 3.25. The maximum Gasteiger partial charge on any atom is 0.360 e. The lowest BCUT2D eigenvalue weighted by atomic mass is 10.2. The number of carbonyl (C=O) groups is 1. The van der Waals surface area contributed by atoms with E-state index >= 15 is 0 Å². The molecular weight excluding hydrogens is 270 g/mol. The van der Waals surface area contributed by atoms with Crippen molar-refractivity contribution in [3.63, 3.8) is 0 Å². The molecular formula is C12H18ClN3O3. The summed E-state index contributed by atoms with van der Waals surface area (Å²) in [6, 6.07) is 0. The minimum absolute atomic E-state index is 0.105. The Morgan fingerprint density at radius 2 is 2.37 bits per heavy atom. The maximum absolute atomic E-state index is 11.7. The van der Waals surface area contributed by atoms with E-state index in [2.05, 4.69) is 10.3 Å². The SMILES string of the molecule is CCOC(=O)c1nnn(CC2CCC(C)O2)c1CCl. The summed E-state index contributed by atoms with van der Waals surface area (Å²) >= 11 is 5.89. The Bertz CT molecular complexity index is 449. The number of ether oxygens (including phenoxy) is 2. The van der Waals surface area contributed by atoms with Gasteiger partial charge in [0.15, 0.2) is 5.69 Å². The van der Waals surface area contributed by atoms with Gasteiger partial charge in [-0.25, -0.2) is 9.48 Å². The van der Waals surface area contributed by atoms with Gasteiger partial charge in [0.05, 0.1) is 36.9 Å². The molecule has 2 atom stereocenters. The van der Waals surface area contributed by atoms with Gasteiger partial charge < -0.3 is 9.47 Å². The normalized spacial score (nSPS) is 22.7. The molecule has 0 spiro atoms. The second kappa shape index (κ2) is 6.34. The number of carbonyl (C=O) groups excluding carboxylic acids is 1. The van der Waals surface area contributed by atoms with E-state index in [1.807, 2.05) is 6.92 Å². The van der Waals surface area contributed by atoms with Crippen molar-refractivity contribution in [2.45, 2.75) is 51.3 Å². The van der Waals surface area contributed by atoms with Gasteiger partial charge in [0.25, 0.3) is 0 Å². The number of halogens is 1. The molecule has 1 aromatic heterocycles. The molecule has 2 rings (SSSR count). The lowest BCUT2D eigenvalue weighted by molar-refractivity contribution is 0.0427. The first-order valence-electron chi connectivity index (χ1n) is 6.46. The van der Waals surface area contributed by atoms with Crippen LogP contribution in [-0.2, 0) is 21.9 Å². The fourth-order valence-corrected chi connectivity index (χ4v) is 2.45. The van der Waals surface area contributed by atoms with E-state index in [0.29, 0.717) is 18.8 Å². The van der Waals surface area contributed by atoms with E-state index in [0.717, 1.165) is 12.8 Å². The maximum atomic E-state index is 11.7. The summed E-state index contributed by atoms with van der Waals surface area (Å²) in [5, 5.41) is 7.85. The van der Waals surface area contributed by atoms with E-state index in [-0.39, 0.29) is 23.8 Å². The van der Waals surface area contributed by atoms with Crippen LogP contribution in [0.4, 0.5) is 0 Å². The van der Waals surface area contributed by atoms with Crippen LogP contribution in [0, 0.1) is 0 Å². The fourth-order valence-electron chi connectivity index (χ4n) is 2.18. The average Bonchev–Trinajstić information content (AvgIpc) is 2.96. The first-order valence-corrected chi connectivity index (χ1v) is 7.00. The van der Waals surface area contributed by atoms with Gasteiger partial charge in [0.2, 0.25) is 0 Å². The second-order valence-corrected chi connectivity index (χ2v) is 4.83. The van der Waals surface area contributed by atoms with Gasteiger partial charge in [-0.15, -0.1) is 16.7 Å². The van der Waals surface area contributed by atoms with Gasteiger partial charge in [-0.2, -0.15) is 0 Å². The molecule has 1 fully saturated rings. The summed E-state index contributed by atoms with van der Waals surface area (Å²) in [5.74, 6) is -0.311. The molecule has 0 aliphatic carbocycles. The predicted molar refractivity (Wildman–Crippen MR) is 69.1 cm³/mol. The Balaban J connectivity index is 2.10. The van der Waals surface area contributed by atoms with Crippen molar-refractivity contribution in [1.29, 1.82) is 0 Å². The average molecular weight is 288 g/mol. The third-order valence-electron chi connectivity index (χ3n) is 3.13. The Labute approximate surface area is 117 Å². The zero-order valence-corrected chi connectivity index (χ0v) is 11.9. The summed E-state index contributed by atoms with van der Waals surface area (Å²) in [5.41, 5.74) is 0.783. The minimum Gasteiger partial charge on any atom is -0.461 e. The van der Waals surface area contributed by atoms with E-state index in [1.165, 1.54) is 0 Å². The van der Waals surface area contributed by atoms with Crippen LogP contribution >= 0.6 is 11.6 Å². The van der Waals surface area contributed by atoms with Gasteiger partial charge in [-0.3, -0.25) is 0 Å². The first-order chi connectivity index (χ1) is 9.15. The first kappa shape index (κ1) is 14.3. The molecule has 6 nitrogen and oxygen atoms in total. The van der Waals surface area contributed by atoms with Crippen molar-refractivity contribution in [3.8, 4) is 0 Å². The smallest absolute Gasteiger partial charge is 0.360 e. The van der Waals surface area contributed by atoms with Gasteiger partial charge in [0, 0.05) is 0 Å². The standard InChI is InChI=1S/C12H18ClN3O3/c1-3-18-12(17)11-10(6-13)16(15-14-11)7-9-5-4-8(2)19-9/h8-9H,3-7H2,1-2H3. The zero-order chi connectivity index (χ0) is 13.8. The van der Waals surface area contributed by atoms with Crippen LogP contribution in [0.2, 0.25) is 0 Å². The Morgan fingerprint density at radius 3 is 2.95 bits per heavy atom. The molecule has 7 heteroatoms. The number of aromatic nitrogens is 3. The molecule has 0 aromatic carbocycles. The lowest BCUT2D eigenvalue weighted by Crippen LogP contribution is -2.19. The molecule has 1 aliphatic heterocycles. The molecule has 1 aliphatic rings. The van der Waals surface area contributed by atoms with Gasteiger partial charge in [-0.1, -0.05) is 5.21 Å². The summed E-state index contributed by atoms with van der Waals surface area (Å²) in [6.45, 7) is 4.67. The highest BCUT2D eigenvalue weighted by Gasteiger charge is 2.26. The number of alkyl halides is 1. The van der Waals surface area contributed by atoms with Gasteiger partial charge in [0.1, 0.15) is 0 Å². The number of esters is 1. The van der Waals surface area contributed by atoms with Crippen LogP contribution in [0.15, 0.2) is 0 Å². The Kier molecular flexibility index (Phi) is 4.76. The number of hydrogen-bond acceptors (Lipinski definition) is 5. The highest BCUT2D eigenvalue weighted by Crippen LogP contribution is 2.21. The van der Waals surface area contributed by atoms with Gasteiger partial charge >= 0.3 is 5.97 Å². The number of rotatable bonds is 5. The summed E-state index contributed by atoms with van der Waals surface area (Å²) < 4.78 is 12.3. The quantitative estimate of drug-likeness (QED) is 0.610. The largest absolute Gasteiger partial charge is 0.461 e. The predicted octanol–water partition coefficient (Wildman–Crippen LogP) is 1.76. The highest BCUT2D eigenvalue weighted by atomic mass is 35.5. The number of nitrogens with zero attached hydrogens (tertiary/aromatic N) is 3. The van der Waals surface area contributed by atoms with E-state index in [1.54, 1.807) is 11.6 Å². The Morgan fingerprint density at radius 1 is 1.58 bits per heavy atom. The minimum atomic E-state index is -0.481. The molecule has 0 saturated carbocycles. The van der Waals surface area contributed by atoms with Crippen molar-refractivity contribution in [3.05, 3.63) is 11.4 Å². The van der Waals surface area contributed by atoms with E-state index in [4.69, 9.17) is 21.1 Å². The topological polar surface area (TPSA) is 66.2 Å². The van der Waals surface area contributed by atoms with Crippen LogP contribution in [0.3, 0.4) is 0 Å². The summed E-state index contributed by atoms with van der Waals surface area (Å²) in [4.78, 5) is 11.7. The molecule has 2 unspecified atom stereocenters. The van der Waals surface area contributed by atoms with Crippen LogP contribution in [-0.4, -0.2) is 39.8 Å². The highest BCUT2D eigenvalue weighted by molar-refractivity contribution is 6.17. The molecule has 0 amide bonds. The molecule has 0 bridgehead atoms. The summed E-state index contributed by atoms with van der Waals surface area (Å²) in [6.07, 6.45) is 2.41. The monoisotopic (exact) mass is 287 g/mol. The second-order valence-electron chi connectivity index (χ2n) is 4.57. The van der Waals surface area contributed by atoms with Crippen molar-refractivity contribution >= 4 is 17.6 Å². The van der Waals surface area contributed by atoms with Crippen LogP contribution < -0.4 is 0 Å². The Hall–Kier alpha value is -1.14. The van der Waals surface area contributed by atoms with Crippen LogP contribution in [0.5, 0.6) is 0 Å². The van der Waals surface area contributed by atoms with Crippen molar-refractivity contribution < 1.29 is 14.3 Å². The van der Waals surface area contributed by atoms with Crippen LogP contribution in [0.1, 0.15) is 42.9 Å². The molecule has 106 valence electrons. The lowest BCUT2D eigenvalue weighted by Gasteiger charge is -2.12. The third-order valence-corrected chi connectivity index (χ3v) is 3.38. The molecule has 1 aromatic rings. The van der Waals surface area contributed by atoms with E-state index in [9.17, 15) is 4.79 Å². The molecule has 1 saturated heterocycles. The molecule has 2 heterocycles. The van der Waals surface area contributed by atoms with Crippen molar-refractivity contribution in [1.82, 2.24) is 15.0 Å². The van der Waals surface area contributed by atoms with Crippen LogP contribution in [0.25, 0.3) is 0 Å². The fraction of sp³-hybridized carbons (Fsp3) is 0.750.